The molecule has 1 heterocycles. The van der Waals surface area contributed by atoms with Gasteiger partial charge in [-0.1, -0.05) is 18.2 Å². The molecule has 1 aromatic carbocycles. The van der Waals surface area contributed by atoms with Crippen LogP contribution in [-0.4, -0.2) is 14.1 Å². The second kappa shape index (κ2) is 6.97. The van der Waals surface area contributed by atoms with Gasteiger partial charge in [0.2, 0.25) is 0 Å². The van der Waals surface area contributed by atoms with Gasteiger partial charge in [-0.3, -0.25) is 0 Å². The van der Waals surface area contributed by atoms with Gasteiger partial charge in [0.1, 0.15) is 23.5 Å². The van der Waals surface area contributed by atoms with E-state index in [0.29, 0.717) is 11.3 Å². The first-order valence-corrected chi connectivity index (χ1v) is 6.69. The van der Waals surface area contributed by atoms with Crippen molar-refractivity contribution in [1.29, 1.82) is 10.5 Å². The van der Waals surface area contributed by atoms with Crippen molar-refractivity contribution in [3.05, 3.63) is 71.2 Å². The third-order valence-electron chi connectivity index (χ3n) is 3.11. The minimum absolute atomic E-state index is 0.0702. The summed E-state index contributed by atoms with van der Waals surface area (Å²) in [5, 5.41) is 17.8. The number of anilines is 1. The summed E-state index contributed by atoms with van der Waals surface area (Å²) < 4.78 is 5.36. The molecule has 0 amide bonds. The molecule has 0 aromatic heterocycles. The molecule has 1 aliphatic heterocycles. The quantitative estimate of drug-likeness (QED) is 0.799. The molecule has 1 aromatic rings. The van der Waals surface area contributed by atoms with E-state index in [-0.39, 0.29) is 5.57 Å². The molecule has 0 bridgehead atoms. The highest BCUT2D eigenvalue weighted by Crippen LogP contribution is 2.19. The third-order valence-corrected chi connectivity index (χ3v) is 3.11. The fourth-order valence-corrected chi connectivity index (χ4v) is 1.88. The second-order valence-corrected chi connectivity index (χ2v) is 4.84. The Hall–Kier alpha value is -3.24. The predicted molar refractivity (Wildman–Crippen MR) is 86.4 cm³/mol. The molecule has 0 saturated carbocycles. The van der Waals surface area contributed by atoms with Gasteiger partial charge in [0.25, 0.3) is 0 Å². The standard InChI is InChI=1S/C18H15N3O/c1-21(2)17-6-3-14(4-7-17)5-8-18-11-15(9-10-22-18)16(12-19)13-20/h3-11H,1-2H3. The van der Waals surface area contributed by atoms with Crippen LogP contribution in [0.15, 0.2) is 65.7 Å². The molecule has 0 saturated heterocycles. The zero-order valence-electron chi connectivity index (χ0n) is 12.4. The van der Waals surface area contributed by atoms with Crippen LogP contribution in [-0.2, 0) is 4.74 Å². The van der Waals surface area contributed by atoms with Gasteiger partial charge in [-0.25, -0.2) is 0 Å². The van der Waals surface area contributed by atoms with Crippen LogP contribution in [0.5, 0.6) is 0 Å². The van der Waals surface area contributed by atoms with Gasteiger partial charge < -0.3 is 9.64 Å². The van der Waals surface area contributed by atoms with E-state index in [1.165, 1.54) is 6.26 Å². The van der Waals surface area contributed by atoms with Crippen molar-refractivity contribution in [2.24, 2.45) is 0 Å². The normalized spacial score (nSPS) is 13.1. The van der Waals surface area contributed by atoms with E-state index in [2.05, 4.69) is 0 Å². The lowest BCUT2D eigenvalue weighted by Gasteiger charge is -2.12. The van der Waals surface area contributed by atoms with E-state index in [1.807, 2.05) is 61.5 Å². The van der Waals surface area contributed by atoms with Crippen LogP contribution in [0.2, 0.25) is 0 Å². The summed E-state index contributed by atoms with van der Waals surface area (Å²) in [6.07, 6.45) is 8.47. The first kappa shape index (κ1) is 15.2. The van der Waals surface area contributed by atoms with Crippen LogP contribution in [0.1, 0.15) is 5.56 Å². The molecule has 1 aliphatic rings. The summed E-state index contributed by atoms with van der Waals surface area (Å²) >= 11 is 0. The smallest absolute Gasteiger partial charge is 0.137 e. The van der Waals surface area contributed by atoms with Crippen LogP contribution in [0.3, 0.4) is 0 Å². The largest absolute Gasteiger partial charge is 0.465 e. The van der Waals surface area contributed by atoms with Crippen molar-refractivity contribution in [1.82, 2.24) is 0 Å². The molecule has 2 rings (SSSR count). The van der Waals surface area contributed by atoms with Crippen molar-refractivity contribution < 1.29 is 4.74 Å². The molecule has 0 N–H and O–H groups in total. The van der Waals surface area contributed by atoms with Crippen molar-refractivity contribution in [2.45, 2.75) is 0 Å². The Balaban J connectivity index is 2.19. The number of hydrogen-bond acceptors (Lipinski definition) is 4. The number of hydrogen-bond donors (Lipinski definition) is 0. The topological polar surface area (TPSA) is 60.0 Å². The summed E-state index contributed by atoms with van der Waals surface area (Å²) in [5.74, 6) is 0.581. The monoisotopic (exact) mass is 289 g/mol. The molecule has 0 fully saturated rings. The SMILES string of the molecule is CN(C)c1ccc(C=CC2=CC(=C(C#N)C#N)C=CO2)cc1. The number of nitriles is 2. The van der Waals surface area contributed by atoms with Crippen LogP contribution in [0.4, 0.5) is 5.69 Å². The second-order valence-electron chi connectivity index (χ2n) is 4.84. The molecular weight excluding hydrogens is 274 g/mol. The first-order valence-electron chi connectivity index (χ1n) is 6.69. The van der Waals surface area contributed by atoms with Gasteiger partial charge in [-0.15, -0.1) is 0 Å². The molecule has 22 heavy (non-hydrogen) atoms. The summed E-state index contributed by atoms with van der Waals surface area (Å²) in [5.41, 5.74) is 2.79. The lowest BCUT2D eigenvalue weighted by Crippen LogP contribution is -2.07. The van der Waals surface area contributed by atoms with Crippen molar-refractivity contribution in [3.63, 3.8) is 0 Å². The van der Waals surface area contributed by atoms with Crippen LogP contribution < -0.4 is 4.90 Å². The molecule has 0 atom stereocenters. The fourth-order valence-electron chi connectivity index (χ4n) is 1.88. The predicted octanol–water partition coefficient (Wildman–Crippen LogP) is 3.54. The molecule has 0 radical (unpaired) electrons. The Morgan fingerprint density at radius 3 is 2.36 bits per heavy atom. The van der Waals surface area contributed by atoms with E-state index >= 15 is 0 Å². The third kappa shape index (κ3) is 3.65. The maximum Gasteiger partial charge on any atom is 0.137 e. The molecular formula is C18H15N3O. The van der Waals surface area contributed by atoms with E-state index in [4.69, 9.17) is 15.3 Å². The van der Waals surface area contributed by atoms with Gasteiger partial charge in [0, 0.05) is 25.4 Å². The molecule has 108 valence electrons. The number of allylic oxidation sites excluding steroid dienone is 5. The molecule has 4 heteroatoms. The van der Waals surface area contributed by atoms with Gasteiger partial charge in [0.15, 0.2) is 0 Å². The van der Waals surface area contributed by atoms with Crippen molar-refractivity contribution >= 4 is 11.8 Å². The lowest BCUT2D eigenvalue weighted by atomic mass is 10.1. The number of ether oxygens (including phenoxy) is 1. The summed E-state index contributed by atoms with van der Waals surface area (Å²) in [6.45, 7) is 0. The van der Waals surface area contributed by atoms with E-state index in [0.717, 1.165) is 11.3 Å². The Morgan fingerprint density at radius 1 is 1.09 bits per heavy atom. The Labute approximate surface area is 130 Å². The average Bonchev–Trinajstić information content (AvgIpc) is 2.55. The van der Waals surface area contributed by atoms with Crippen molar-refractivity contribution in [3.8, 4) is 12.1 Å². The van der Waals surface area contributed by atoms with Gasteiger partial charge >= 0.3 is 0 Å². The molecule has 0 aliphatic carbocycles. The Kier molecular flexibility index (Phi) is 4.80. The van der Waals surface area contributed by atoms with E-state index < -0.39 is 0 Å². The minimum atomic E-state index is 0.0702. The van der Waals surface area contributed by atoms with Gasteiger partial charge in [0.05, 0.1) is 6.26 Å². The lowest BCUT2D eigenvalue weighted by molar-refractivity contribution is 0.364. The Morgan fingerprint density at radius 2 is 1.77 bits per heavy atom. The van der Waals surface area contributed by atoms with Crippen LogP contribution in [0.25, 0.3) is 6.08 Å². The first-order chi connectivity index (χ1) is 10.6. The highest BCUT2D eigenvalue weighted by atomic mass is 16.5. The number of nitrogens with zero attached hydrogens (tertiary/aromatic N) is 3. The molecule has 0 spiro atoms. The average molecular weight is 289 g/mol. The van der Waals surface area contributed by atoms with E-state index in [1.54, 1.807) is 18.2 Å². The zero-order chi connectivity index (χ0) is 15.9. The number of benzene rings is 1. The summed E-state index contributed by atoms with van der Waals surface area (Å²) in [4.78, 5) is 2.04. The summed E-state index contributed by atoms with van der Waals surface area (Å²) in [7, 11) is 3.99. The van der Waals surface area contributed by atoms with Gasteiger partial charge in [-0.2, -0.15) is 10.5 Å². The Bertz CT molecular complexity index is 735. The fraction of sp³-hybridized carbons (Fsp3) is 0.111. The maximum absolute atomic E-state index is 8.89. The van der Waals surface area contributed by atoms with Crippen LogP contribution in [0, 0.1) is 22.7 Å². The van der Waals surface area contributed by atoms with Crippen molar-refractivity contribution in [2.75, 3.05) is 19.0 Å². The number of rotatable bonds is 3. The maximum atomic E-state index is 8.89. The molecule has 4 nitrogen and oxygen atoms in total. The minimum Gasteiger partial charge on any atom is -0.465 e. The van der Waals surface area contributed by atoms with Gasteiger partial charge in [-0.05, 0) is 35.9 Å². The highest BCUT2D eigenvalue weighted by molar-refractivity contribution is 5.59. The highest BCUT2D eigenvalue weighted by Gasteiger charge is 2.06. The van der Waals surface area contributed by atoms with Crippen LogP contribution >= 0.6 is 0 Å². The molecule has 0 unspecified atom stereocenters. The summed E-state index contributed by atoms with van der Waals surface area (Å²) in [6, 6.07) is 11.8. The zero-order valence-corrected chi connectivity index (χ0v) is 12.4. The van der Waals surface area contributed by atoms with E-state index in [9.17, 15) is 0 Å².